The van der Waals surface area contributed by atoms with Gasteiger partial charge >= 0.3 is 0 Å². The Morgan fingerprint density at radius 3 is 2.70 bits per heavy atom. The molecule has 0 amide bonds. The first-order valence-corrected chi connectivity index (χ1v) is 6.89. The summed E-state index contributed by atoms with van der Waals surface area (Å²) in [4.78, 5) is 9.22. The molecule has 0 fully saturated rings. The van der Waals surface area contributed by atoms with Gasteiger partial charge in [-0.25, -0.2) is 9.97 Å². The molecule has 1 heterocycles. The van der Waals surface area contributed by atoms with E-state index in [0.717, 1.165) is 47.2 Å². The fourth-order valence-electron chi connectivity index (χ4n) is 1.94. The summed E-state index contributed by atoms with van der Waals surface area (Å²) < 4.78 is 5.25. The van der Waals surface area contributed by atoms with Gasteiger partial charge in [-0.05, 0) is 32.4 Å². The summed E-state index contributed by atoms with van der Waals surface area (Å²) in [6.45, 7) is 7.11. The molecule has 0 bridgehead atoms. The second kappa shape index (κ2) is 6.37. The molecule has 20 heavy (non-hydrogen) atoms. The van der Waals surface area contributed by atoms with Gasteiger partial charge in [-0.3, -0.25) is 0 Å². The van der Waals surface area contributed by atoms with Crippen LogP contribution in [0.3, 0.4) is 0 Å². The van der Waals surface area contributed by atoms with Crippen molar-refractivity contribution in [2.24, 2.45) is 0 Å². The summed E-state index contributed by atoms with van der Waals surface area (Å²) in [6.07, 6.45) is 1.07. The van der Waals surface area contributed by atoms with Gasteiger partial charge in [0.15, 0.2) is 5.82 Å². The van der Waals surface area contributed by atoms with Crippen LogP contribution in [0, 0.1) is 13.8 Å². The van der Waals surface area contributed by atoms with Crippen molar-refractivity contribution in [3.8, 4) is 17.1 Å². The van der Waals surface area contributed by atoms with Crippen LogP contribution in [0.1, 0.15) is 24.6 Å². The van der Waals surface area contributed by atoms with Crippen molar-refractivity contribution >= 4 is 5.82 Å². The molecule has 0 radical (unpaired) electrons. The molecular formula is C16H21N3O. The molecule has 2 rings (SSSR count). The zero-order valence-electron chi connectivity index (χ0n) is 12.5. The fraction of sp³-hybridized carbons (Fsp3) is 0.375. The average molecular weight is 271 g/mol. The average Bonchev–Trinajstić information content (AvgIpc) is 2.48. The molecule has 1 aromatic carbocycles. The van der Waals surface area contributed by atoms with Crippen LogP contribution in [0.15, 0.2) is 24.3 Å². The molecule has 0 aliphatic heterocycles. The van der Waals surface area contributed by atoms with Crippen LogP contribution in [0.5, 0.6) is 5.75 Å². The third-order valence-corrected chi connectivity index (χ3v) is 3.26. The number of hydrogen-bond acceptors (Lipinski definition) is 4. The molecule has 0 spiro atoms. The Labute approximate surface area is 120 Å². The largest absolute Gasteiger partial charge is 0.497 e. The number of nitrogens with one attached hydrogen (secondary N) is 1. The Morgan fingerprint density at radius 1 is 1.20 bits per heavy atom. The van der Waals surface area contributed by atoms with Crippen molar-refractivity contribution in [1.29, 1.82) is 0 Å². The number of aryl methyl sites for hydroxylation is 1. The van der Waals surface area contributed by atoms with Gasteiger partial charge in [0.1, 0.15) is 11.6 Å². The predicted octanol–water partition coefficient (Wildman–Crippen LogP) is 3.59. The van der Waals surface area contributed by atoms with Crippen LogP contribution < -0.4 is 10.1 Å². The number of aromatic nitrogens is 2. The van der Waals surface area contributed by atoms with Gasteiger partial charge in [0.2, 0.25) is 0 Å². The lowest BCUT2D eigenvalue weighted by atomic mass is 10.1. The van der Waals surface area contributed by atoms with Crippen molar-refractivity contribution in [1.82, 2.24) is 9.97 Å². The molecule has 1 N–H and O–H groups in total. The highest BCUT2D eigenvalue weighted by molar-refractivity contribution is 5.61. The summed E-state index contributed by atoms with van der Waals surface area (Å²) in [5.41, 5.74) is 3.06. The van der Waals surface area contributed by atoms with E-state index in [9.17, 15) is 0 Å². The minimum atomic E-state index is 0.727. The van der Waals surface area contributed by atoms with Crippen molar-refractivity contribution < 1.29 is 4.74 Å². The first-order valence-electron chi connectivity index (χ1n) is 6.89. The van der Waals surface area contributed by atoms with Gasteiger partial charge in [-0.15, -0.1) is 0 Å². The maximum absolute atomic E-state index is 5.25. The number of benzene rings is 1. The molecule has 106 valence electrons. The molecule has 0 aliphatic rings. The summed E-state index contributed by atoms with van der Waals surface area (Å²) in [5, 5.41) is 3.36. The molecule has 2 aromatic rings. The van der Waals surface area contributed by atoms with Gasteiger partial charge in [0, 0.05) is 23.4 Å². The van der Waals surface area contributed by atoms with Gasteiger partial charge in [0.05, 0.1) is 7.11 Å². The molecule has 0 saturated heterocycles. The van der Waals surface area contributed by atoms with Crippen molar-refractivity contribution in [2.75, 3.05) is 19.0 Å². The standard InChI is InChI=1S/C16H21N3O/c1-5-9-17-15-11(2)12(3)18-16(19-15)13-7-6-8-14(10-13)20-4/h6-8,10H,5,9H2,1-4H3,(H,17,18,19). The van der Waals surface area contributed by atoms with Gasteiger partial charge in [0.25, 0.3) is 0 Å². The van der Waals surface area contributed by atoms with E-state index < -0.39 is 0 Å². The zero-order valence-corrected chi connectivity index (χ0v) is 12.5. The monoisotopic (exact) mass is 271 g/mol. The Bertz CT molecular complexity index is 596. The Hall–Kier alpha value is -2.10. The lowest BCUT2D eigenvalue weighted by Crippen LogP contribution is -2.07. The molecule has 0 saturated carbocycles. The van der Waals surface area contributed by atoms with Crippen LogP contribution in [-0.2, 0) is 0 Å². The van der Waals surface area contributed by atoms with Gasteiger partial charge in [-0.1, -0.05) is 19.1 Å². The number of methoxy groups -OCH3 is 1. The Balaban J connectivity index is 2.43. The Kier molecular flexibility index (Phi) is 4.56. The molecule has 0 unspecified atom stereocenters. The van der Waals surface area contributed by atoms with E-state index in [4.69, 9.17) is 4.74 Å². The highest BCUT2D eigenvalue weighted by Crippen LogP contribution is 2.24. The highest BCUT2D eigenvalue weighted by atomic mass is 16.5. The van der Waals surface area contributed by atoms with E-state index in [1.54, 1.807) is 7.11 Å². The maximum Gasteiger partial charge on any atom is 0.161 e. The second-order valence-corrected chi connectivity index (χ2v) is 4.76. The van der Waals surface area contributed by atoms with Crippen molar-refractivity contribution in [3.63, 3.8) is 0 Å². The third-order valence-electron chi connectivity index (χ3n) is 3.26. The quantitative estimate of drug-likeness (QED) is 0.902. The highest BCUT2D eigenvalue weighted by Gasteiger charge is 2.09. The minimum Gasteiger partial charge on any atom is -0.497 e. The molecule has 4 nitrogen and oxygen atoms in total. The normalized spacial score (nSPS) is 10.4. The lowest BCUT2D eigenvalue weighted by Gasteiger charge is -2.12. The van der Waals surface area contributed by atoms with Crippen LogP contribution in [0.2, 0.25) is 0 Å². The predicted molar refractivity (Wildman–Crippen MR) is 82.3 cm³/mol. The molecule has 0 aliphatic carbocycles. The number of rotatable bonds is 5. The van der Waals surface area contributed by atoms with Gasteiger partial charge < -0.3 is 10.1 Å². The van der Waals surface area contributed by atoms with Crippen LogP contribution in [0.4, 0.5) is 5.82 Å². The Morgan fingerprint density at radius 2 is 2.00 bits per heavy atom. The van der Waals surface area contributed by atoms with Gasteiger partial charge in [-0.2, -0.15) is 0 Å². The van der Waals surface area contributed by atoms with Crippen LogP contribution in [-0.4, -0.2) is 23.6 Å². The first-order chi connectivity index (χ1) is 9.65. The summed E-state index contributed by atoms with van der Waals surface area (Å²) in [7, 11) is 1.66. The number of ether oxygens (including phenoxy) is 1. The number of hydrogen-bond donors (Lipinski definition) is 1. The SMILES string of the molecule is CCCNc1nc(-c2cccc(OC)c2)nc(C)c1C. The lowest BCUT2D eigenvalue weighted by molar-refractivity contribution is 0.415. The molecular weight excluding hydrogens is 250 g/mol. The second-order valence-electron chi connectivity index (χ2n) is 4.76. The van der Waals surface area contributed by atoms with E-state index in [-0.39, 0.29) is 0 Å². The molecule has 1 aromatic heterocycles. The molecule has 0 atom stereocenters. The van der Waals surface area contributed by atoms with E-state index in [0.29, 0.717) is 0 Å². The topological polar surface area (TPSA) is 47.0 Å². The summed E-state index contributed by atoms with van der Waals surface area (Å²) in [5.74, 6) is 2.45. The van der Waals surface area contributed by atoms with Crippen LogP contribution >= 0.6 is 0 Å². The summed E-state index contributed by atoms with van der Waals surface area (Å²) in [6, 6.07) is 7.82. The third kappa shape index (κ3) is 3.07. The smallest absolute Gasteiger partial charge is 0.161 e. The van der Waals surface area contributed by atoms with E-state index in [1.807, 2.05) is 38.1 Å². The number of anilines is 1. The minimum absolute atomic E-state index is 0.727. The maximum atomic E-state index is 5.25. The number of nitrogens with zero attached hydrogens (tertiary/aromatic N) is 2. The van der Waals surface area contributed by atoms with E-state index in [2.05, 4.69) is 22.2 Å². The van der Waals surface area contributed by atoms with Crippen molar-refractivity contribution in [3.05, 3.63) is 35.5 Å². The summed E-state index contributed by atoms with van der Waals surface area (Å²) >= 11 is 0. The van der Waals surface area contributed by atoms with E-state index >= 15 is 0 Å². The van der Waals surface area contributed by atoms with Crippen LogP contribution in [0.25, 0.3) is 11.4 Å². The molecule has 4 heteroatoms. The fourth-order valence-corrected chi connectivity index (χ4v) is 1.94. The van der Waals surface area contributed by atoms with Crippen molar-refractivity contribution in [2.45, 2.75) is 27.2 Å². The van der Waals surface area contributed by atoms with E-state index in [1.165, 1.54) is 0 Å². The zero-order chi connectivity index (χ0) is 14.5. The first kappa shape index (κ1) is 14.3.